The molecule has 1 aliphatic carbocycles. The van der Waals surface area contributed by atoms with Crippen LogP contribution in [0.2, 0.25) is 0 Å². The lowest BCUT2D eigenvalue weighted by Gasteiger charge is -2.13. The van der Waals surface area contributed by atoms with Crippen molar-refractivity contribution in [2.24, 2.45) is 0 Å². The number of alkyl halides is 1. The smallest absolute Gasteiger partial charge is 0.0836 e. The van der Waals surface area contributed by atoms with Crippen molar-refractivity contribution in [2.45, 2.75) is 24.6 Å². The fraction of sp³-hybridized carbons (Fsp3) is 0.250. The highest BCUT2D eigenvalue weighted by Gasteiger charge is 2.16. The van der Waals surface area contributed by atoms with E-state index in [9.17, 15) is 0 Å². The van der Waals surface area contributed by atoms with Gasteiger partial charge in [0.15, 0.2) is 0 Å². The van der Waals surface area contributed by atoms with Gasteiger partial charge in [-0.05, 0) is 59.7 Å². The molecule has 0 spiro atoms. The molecule has 0 N–H and O–H groups in total. The van der Waals surface area contributed by atoms with Crippen LogP contribution in [0.1, 0.15) is 34.1 Å². The first kappa shape index (κ1) is 13.7. The average Bonchev–Trinajstić information content (AvgIpc) is 2.83. The number of hydrogen-bond donors (Lipinski definition) is 0. The maximum Gasteiger partial charge on any atom is 0.0836 e. The highest BCUT2D eigenvalue weighted by atomic mass is 79.9. The van der Waals surface area contributed by atoms with Gasteiger partial charge in [0, 0.05) is 8.95 Å². The Morgan fingerprint density at radius 3 is 2.26 bits per heavy atom. The van der Waals surface area contributed by atoms with E-state index in [1.165, 1.54) is 36.0 Å². The molecule has 1 aliphatic rings. The van der Waals surface area contributed by atoms with E-state index in [2.05, 4.69) is 62.2 Å². The van der Waals surface area contributed by atoms with E-state index in [0.717, 1.165) is 14.5 Å². The zero-order valence-electron chi connectivity index (χ0n) is 10.3. The third kappa shape index (κ3) is 2.91. The predicted octanol–water partition coefficient (Wildman–Crippen LogP) is 6.03. The van der Waals surface area contributed by atoms with Crippen LogP contribution in [0.15, 0.2) is 45.3 Å². The second-order valence-electron chi connectivity index (χ2n) is 4.95. The summed E-state index contributed by atoms with van der Waals surface area (Å²) in [5.41, 5.74) is 5.26. The molecule has 0 radical (unpaired) electrons. The summed E-state index contributed by atoms with van der Waals surface area (Å²) in [4.78, 5) is 0. The van der Waals surface area contributed by atoms with Crippen molar-refractivity contribution in [3.8, 4) is 0 Å². The fourth-order valence-corrected chi connectivity index (χ4v) is 4.25. The lowest BCUT2D eigenvalue weighted by atomic mass is 10.00. The van der Waals surface area contributed by atoms with Crippen LogP contribution in [0, 0.1) is 0 Å². The Bertz CT molecular complexity index is 602. The molecule has 1 atom stereocenters. The summed E-state index contributed by atoms with van der Waals surface area (Å²) in [7, 11) is 0. The van der Waals surface area contributed by atoms with E-state index in [1.54, 1.807) is 0 Å². The van der Waals surface area contributed by atoms with Crippen molar-refractivity contribution in [1.29, 1.82) is 0 Å². The fourth-order valence-electron chi connectivity index (χ4n) is 2.66. The second-order valence-corrected chi connectivity index (χ2v) is 7.21. The van der Waals surface area contributed by atoms with Crippen LogP contribution < -0.4 is 0 Å². The number of rotatable bonds is 2. The number of fused-ring (bicyclic) bond motifs is 1. The first-order valence-electron chi connectivity index (χ1n) is 6.35. The molecule has 0 saturated carbocycles. The van der Waals surface area contributed by atoms with E-state index in [-0.39, 0.29) is 5.38 Å². The van der Waals surface area contributed by atoms with Crippen molar-refractivity contribution >= 4 is 43.5 Å². The molecule has 0 saturated heterocycles. The zero-order valence-corrected chi connectivity index (χ0v) is 14.2. The number of aryl methyl sites for hydroxylation is 2. The Morgan fingerprint density at radius 2 is 1.53 bits per heavy atom. The predicted molar refractivity (Wildman–Crippen MR) is 88.0 cm³/mol. The summed E-state index contributed by atoms with van der Waals surface area (Å²) in [6.07, 6.45) is 3.67. The van der Waals surface area contributed by atoms with Gasteiger partial charge in [-0.15, -0.1) is 11.6 Å². The third-order valence-electron chi connectivity index (χ3n) is 3.59. The van der Waals surface area contributed by atoms with Crippen LogP contribution in [-0.2, 0) is 12.8 Å². The van der Waals surface area contributed by atoms with Gasteiger partial charge in [-0.3, -0.25) is 0 Å². The van der Waals surface area contributed by atoms with E-state index in [1.807, 2.05) is 6.07 Å². The molecule has 0 nitrogen and oxygen atoms in total. The van der Waals surface area contributed by atoms with Crippen molar-refractivity contribution in [1.82, 2.24) is 0 Å². The molecule has 98 valence electrons. The summed E-state index contributed by atoms with van der Waals surface area (Å²) >= 11 is 13.7. The number of benzene rings is 2. The van der Waals surface area contributed by atoms with Crippen molar-refractivity contribution < 1.29 is 0 Å². The van der Waals surface area contributed by atoms with Gasteiger partial charge in [0.1, 0.15) is 0 Å². The number of halogens is 3. The summed E-state index contributed by atoms with van der Waals surface area (Å²) in [6, 6.07) is 12.9. The molecule has 3 rings (SSSR count). The van der Waals surface area contributed by atoms with Gasteiger partial charge in [0.05, 0.1) is 5.38 Å². The maximum absolute atomic E-state index is 6.64. The summed E-state index contributed by atoms with van der Waals surface area (Å²) in [6.45, 7) is 0. The molecule has 1 unspecified atom stereocenters. The van der Waals surface area contributed by atoms with Gasteiger partial charge in [0.2, 0.25) is 0 Å². The number of hydrogen-bond acceptors (Lipinski definition) is 0. The molecule has 2 aromatic rings. The van der Waals surface area contributed by atoms with Gasteiger partial charge in [-0.2, -0.15) is 0 Å². The van der Waals surface area contributed by atoms with E-state index in [4.69, 9.17) is 11.6 Å². The third-order valence-corrected chi connectivity index (χ3v) is 5.01. The lowest BCUT2D eigenvalue weighted by molar-refractivity contribution is 0.911. The molecule has 0 aromatic heterocycles. The molecule has 0 aliphatic heterocycles. The topological polar surface area (TPSA) is 0 Å². The quantitative estimate of drug-likeness (QED) is 0.540. The SMILES string of the molecule is ClC(c1cc(Br)cc(Br)c1)c1ccc2c(c1)CCC2. The Hall–Kier alpha value is -0.310. The Labute approximate surface area is 135 Å². The molecule has 19 heavy (non-hydrogen) atoms. The Balaban J connectivity index is 1.97. The highest BCUT2D eigenvalue weighted by Crippen LogP contribution is 2.34. The molecule has 0 fully saturated rings. The second kappa shape index (κ2) is 5.59. The lowest BCUT2D eigenvalue weighted by Crippen LogP contribution is -1.95. The summed E-state index contributed by atoms with van der Waals surface area (Å²) in [5, 5.41) is -0.0975. The summed E-state index contributed by atoms with van der Waals surface area (Å²) in [5.74, 6) is 0. The minimum absolute atomic E-state index is 0.0975. The van der Waals surface area contributed by atoms with Crippen molar-refractivity contribution in [3.63, 3.8) is 0 Å². The van der Waals surface area contributed by atoms with Crippen LogP contribution in [0.4, 0.5) is 0 Å². The van der Waals surface area contributed by atoms with Crippen molar-refractivity contribution in [3.05, 3.63) is 67.6 Å². The Morgan fingerprint density at radius 1 is 0.842 bits per heavy atom. The van der Waals surface area contributed by atoms with Gasteiger partial charge >= 0.3 is 0 Å². The normalized spacial score (nSPS) is 15.3. The molecular weight excluding hydrogens is 387 g/mol. The zero-order chi connectivity index (χ0) is 13.4. The first-order chi connectivity index (χ1) is 9.13. The van der Waals surface area contributed by atoms with E-state index in [0.29, 0.717) is 0 Å². The van der Waals surface area contributed by atoms with Crippen LogP contribution in [0.5, 0.6) is 0 Å². The molecule has 0 bridgehead atoms. The molecule has 0 amide bonds. The first-order valence-corrected chi connectivity index (χ1v) is 8.37. The van der Waals surface area contributed by atoms with Gasteiger partial charge in [-0.25, -0.2) is 0 Å². The van der Waals surface area contributed by atoms with Gasteiger partial charge < -0.3 is 0 Å². The Kier molecular flexibility index (Phi) is 4.02. The monoisotopic (exact) mass is 398 g/mol. The summed E-state index contributed by atoms with van der Waals surface area (Å²) < 4.78 is 2.09. The minimum atomic E-state index is -0.0975. The van der Waals surface area contributed by atoms with E-state index < -0.39 is 0 Å². The van der Waals surface area contributed by atoms with Crippen LogP contribution in [0.25, 0.3) is 0 Å². The molecule has 3 heteroatoms. The average molecular weight is 401 g/mol. The van der Waals surface area contributed by atoms with E-state index >= 15 is 0 Å². The molecule has 2 aromatic carbocycles. The van der Waals surface area contributed by atoms with Crippen LogP contribution in [-0.4, -0.2) is 0 Å². The van der Waals surface area contributed by atoms with Crippen LogP contribution >= 0.6 is 43.5 Å². The van der Waals surface area contributed by atoms with Gasteiger partial charge in [0.25, 0.3) is 0 Å². The molecule has 0 heterocycles. The van der Waals surface area contributed by atoms with Crippen molar-refractivity contribution in [2.75, 3.05) is 0 Å². The largest absolute Gasteiger partial charge is 0.113 e. The van der Waals surface area contributed by atoms with Gasteiger partial charge in [-0.1, -0.05) is 50.1 Å². The highest BCUT2D eigenvalue weighted by molar-refractivity contribution is 9.11. The standard InChI is InChI=1S/C16H13Br2Cl/c17-14-7-13(8-15(18)9-14)16(19)12-5-4-10-2-1-3-11(10)6-12/h4-9,16H,1-3H2. The minimum Gasteiger partial charge on any atom is -0.113 e. The van der Waals surface area contributed by atoms with Crippen LogP contribution in [0.3, 0.4) is 0 Å². The maximum atomic E-state index is 6.64. The molecular formula is C16H13Br2Cl.